The van der Waals surface area contributed by atoms with Gasteiger partial charge in [0.15, 0.2) is 0 Å². The maximum Gasteiger partial charge on any atom is 0.323 e. The molecule has 0 aliphatic carbocycles. The van der Waals surface area contributed by atoms with Crippen LogP contribution in [-0.4, -0.2) is 47.5 Å². The highest BCUT2D eigenvalue weighted by molar-refractivity contribution is 9.11. The van der Waals surface area contributed by atoms with Crippen LogP contribution in [-0.2, 0) is 16.0 Å². The SMILES string of the molecule is NC(=O)CN(CC(=O)O)C(=O)NCCc1ccc(Br)s1. The number of hydrogen-bond donors (Lipinski definition) is 3. The van der Waals surface area contributed by atoms with Crippen LogP contribution in [0, 0.1) is 0 Å². The second-order valence-corrected chi connectivity index (χ2v) is 6.45. The topological polar surface area (TPSA) is 113 Å². The molecule has 0 unspecified atom stereocenters. The van der Waals surface area contributed by atoms with Crippen molar-refractivity contribution in [3.8, 4) is 0 Å². The lowest BCUT2D eigenvalue weighted by Crippen LogP contribution is -2.47. The molecule has 4 N–H and O–H groups in total. The molecule has 9 heteroatoms. The van der Waals surface area contributed by atoms with Crippen molar-refractivity contribution < 1.29 is 19.5 Å². The number of amides is 3. The molecule has 0 aromatic carbocycles. The molecule has 0 atom stereocenters. The first-order valence-electron chi connectivity index (χ1n) is 5.65. The van der Waals surface area contributed by atoms with Gasteiger partial charge in [-0.05, 0) is 34.5 Å². The predicted molar refractivity (Wildman–Crippen MR) is 77.5 cm³/mol. The largest absolute Gasteiger partial charge is 0.480 e. The molecular formula is C11H14BrN3O4S. The monoisotopic (exact) mass is 363 g/mol. The van der Waals surface area contributed by atoms with Gasteiger partial charge in [-0.25, -0.2) is 4.79 Å². The third kappa shape index (κ3) is 6.02. The van der Waals surface area contributed by atoms with Gasteiger partial charge in [-0.15, -0.1) is 11.3 Å². The summed E-state index contributed by atoms with van der Waals surface area (Å²) < 4.78 is 1.00. The zero-order valence-corrected chi connectivity index (χ0v) is 12.9. The number of carbonyl (C=O) groups excluding carboxylic acids is 2. The maximum atomic E-state index is 11.7. The van der Waals surface area contributed by atoms with Crippen LogP contribution in [0.4, 0.5) is 4.79 Å². The molecule has 1 aromatic heterocycles. The second-order valence-electron chi connectivity index (χ2n) is 3.90. The van der Waals surface area contributed by atoms with Crippen LogP contribution in [0.3, 0.4) is 0 Å². The van der Waals surface area contributed by atoms with Gasteiger partial charge in [0.1, 0.15) is 13.1 Å². The molecule has 1 aromatic rings. The van der Waals surface area contributed by atoms with Crippen LogP contribution in [0.5, 0.6) is 0 Å². The third-order valence-corrected chi connectivity index (χ3v) is 3.92. The van der Waals surface area contributed by atoms with Crippen LogP contribution in [0.1, 0.15) is 4.88 Å². The molecule has 0 aliphatic rings. The van der Waals surface area contributed by atoms with E-state index >= 15 is 0 Å². The molecule has 0 fully saturated rings. The number of carboxylic acid groups (broad SMARTS) is 1. The number of nitrogens with zero attached hydrogens (tertiary/aromatic N) is 1. The number of hydrogen-bond acceptors (Lipinski definition) is 4. The minimum Gasteiger partial charge on any atom is -0.480 e. The Labute approximate surface area is 127 Å². The molecule has 1 heterocycles. The lowest BCUT2D eigenvalue weighted by molar-refractivity contribution is -0.137. The predicted octanol–water partition coefficient (Wildman–Crippen LogP) is 0.635. The second kappa shape index (κ2) is 7.85. The third-order valence-electron chi connectivity index (χ3n) is 2.24. The summed E-state index contributed by atoms with van der Waals surface area (Å²) in [4.78, 5) is 35.1. The minimum absolute atomic E-state index is 0.348. The summed E-state index contributed by atoms with van der Waals surface area (Å²) in [5, 5.41) is 11.2. The van der Waals surface area contributed by atoms with Crippen LogP contribution in [0.15, 0.2) is 15.9 Å². The molecule has 0 radical (unpaired) electrons. The zero-order valence-electron chi connectivity index (χ0n) is 10.5. The van der Waals surface area contributed by atoms with Gasteiger partial charge in [-0.3, -0.25) is 9.59 Å². The molecule has 7 nitrogen and oxygen atoms in total. The van der Waals surface area contributed by atoms with E-state index in [1.807, 2.05) is 12.1 Å². The van der Waals surface area contributed by atoms with Gasteiger partial charge in [0.2, 0.25) is 5.91 Å². The lowest BCUT2D eigenvalue weighted by atomic mass is 10.3. The molecule has 0 saturated heterocycles. The number of urea groups is 1. The van der Waals surface area contributed by atoms with Crippen molar-refractivity contribution in [3.63, 3.8) is 0 Å². The van der Waals surface area contributed by atoms with Crippen LogP contribution < -0.4 is 11.1 Å². The molecule has 0 bridgehead atoms. The highest BCUT2D eigenvalue weighted by Gasteiger charge is 2.18. The summed E-state index contributed by atoms with van der Waals surface area (Å²) in [6.45, 7) is -0.650. The number of nitrogens with two attached hydrogens (primary N) is 1. The van der Waals surface area contributed by atoms with Crippen molar-refractivity contribution in [1.29, 1.82) is 0 Å². The Morgan fingerprint density at radius 2 is 2.05 bits per heavy atom. The van der Waals surface area contributed by atoms with Gasteiger partial charge in [0.05, 0.1) is 3.79 Å². The van der Waals surface area contributed by atoms with E-state index in [-0.39, 0.29) is 0 Å². The number of halogens is 1. The van der Waals surface area contributed by atoms with Crippen LogP contribution in [0.25, 0.3) is 0 Å². The normalized spacial score (nSPS) is 10.1. The summed E-state index contributed by atoms with van der Waals surface area (Å²) >= 11 is 4.89. The molecule has 110 valence electrons. The van der Waals surface area contributed by atoms with Gasteiger partial charge in [0.25, 0.3) is 0 Å². The Morgan fingerprint density at radius 3 is 2.55 bits per heavy atom. The van der Waals surface area contributed by atoms with E-state index in [0.717, 1.165) is 13.6 Å². The molecular weight excluding hydrogens is 350 g/mol. The quantitative estimate of drug-likeness (QED) is 0.659. The lowest BCUT2D eigenvalue weighted by Gasteiger charge is -2.19. The molecule has 0 aliphatic heterocycles. The van der Waals surface area contributed by atoms with E-state index < -0.39 is 31.0 Å². The van der Waals surface area contributed by atoms with Crippen molar-refractivity contribution in [1.82, 2.24) is 10.2 Å². The smallest absolute Gasteiger partial charge is 0.323 e. The van der Waals surface area contributed by atoms with Crippen molar-refractivity contribution >= 4 is 45.2 Å². The fraction of sp³-hybridized carbons (Fsp3) is 0.364. The van der Waals surface area contributed by atoms with Crippen molar-refractivity contribution in [2.45, 2.75) is 6.42 Å². The average molecular weight is 364 g/mol. The standard InChI is InChI=1S/C11H14BrN3O4S/c12-8-2-1-7(20-8)3-4-14-11(19)15(5-9(13)16)6-10(17)18/h1-2H,3-6H2,(H2,13,16)(H,14,19)(H,17,18). The van der Waals surface area contributed by atoms with Crippen LogP contribution in [0.2, 0.25) is 0 Å². The highest BCUT2D eigenvalue weighted by atomic mass is 79.9. The number of carboxylic acids is 1. The van der Waals surface area contributed by atoms with E-state index in [9.17, 15) is 14.4 Å². The Morgan fingerprint density at radius 1 is 1.35 bits per heavy atom. The summed E-state index contributed by atoms with van der Waals surface area (Å²) in [5.74, 6) is -1.97. The van der Waals surface area contributed by atoms with E-state index in [1.165, 1.54) is 0 Å². The molecule has 0 saturated carbocycles. The Balaban J connectivity index is 2.44. The van der Waals surface area contributed by atoms with Gasteiger partial charge in [-0.1, -0.05) is 0 Å². The minimum atomic E-state index is -1.21. The van der Waals surface area contributed by atoms with E-state index in [2.05, 4.69) is 21.2 Å². The average Bonchev–Trinajstić information content (AvgIpc) is 2.73. The number of rotatable bonds is 7. The summed E-state index contributed by atoms with van der Waals surface area (Å²) in [6, 6.07) is 3.21. The maximum absolute atomic E-state index is 11.7. The summed E-state index contributed by atoms with van der Waals surface area (Å²) in [7, 11) is 0. The molecule has 1 rings (SSSR count). The summed E-state index contributed by atoms with van der Waals surface area (Å²) in [5.41, 5.74) is 4.97. The Hall–Kier alpha value is -1.61. The molecule has 0 spiro atoms. The number of thiophene rings is 1. The number of aliphatic carboxylic acids is 1. The Kier molecular flexibility index (Phi) is 6.46. The van der Waals surface area contributed by atoms with E-state index in [4.69, 9.17) is 10.8 Å². The van der Waals surface area contributed by atoms with E-state index in [0.29, 0.717) is 13.0 Å². The molecule has 20 heavy (non-hydrogen) atoms. The zero-order chi connectivity index (χ0) is 15.1. The van der Waals surface area contributed by atoms with Gasteiger partial charge < -0.3 is 21.1 Å². The van der Waals surface area contributed by atoms with Crippen LogP contribution >= 0.6 is 27.3 Å². The van der Waals surface area contributed by atoms with Gasteiger partial charge >= 0.3 is 12.0 Å². The number of nitrogens with one attached hydrogen (secondary N) is 1. The first-order valence-corrected chi connectivity index (χ1v) is 7.26. The fourth-order valence-corrected chi connectivity index (χ4v) is 2.92. The highest BCUT2D eigenvalue weighted by Crippen LogP contribution is 2.21. The Bertz CT molecular complexity index is 490. The van der Waals surface area contributed by atoms with Crippen molar-refractivity contribution in [2.75, 3.05) is 19.6 Å². The van der Waals surface area contributed by atoms with Crippen molar-refractivity contribution in [2.24, 2.45) is 5.73 Å². The number of primary amides is 1. The summed E-state index contributed by atoms with van der Waals surface area (Å²) in [6.07, 6.45) is 0.624. The first-order chi connectivity index (χ1) is 9.38. The molecule has 3 amide bonds. The number of carbonyl (C=O) groups is 3. The van der Waals surface area contributed by atoms with Gasteiger partial charge in [-0.2, -0.15) is 0 Å². The van der Waals surface area contributed by atoms with E-state index in [1.54, 1.807) is 11.3 Å². The first kappa shape index (κ1) is 16.4. The van der Waals surface area contributed by atoms with Crippen molar-refractivity contribution in [3.05, 3.63) is 20.8 Å². The van der Waals surface area contributed by atoms with Gasteiger partial charge in [0, 0.05) is 11.4 Å². The fourth-order valence-electron chi connectivity index (χ4n) is 1.44.